The van der Waals surface area contributed by atoms with Gasteiger partial charge in [0.05, 0.1) is 22.9 Å². The molecule has 0 radical (unpaired) electrons. The molecular formula is C23H26N4O4S2. The number of fused-ring (bicyclic) bond motifs is 1. The quantitative estimate of drug-likeness (QED) is 0.531. The number of piperidine rings is 1. The first-order valence-corrected chi connectivity index (χ1v) is 13.5. The second-order valence-corrected chi connectivity index (χ2v) is 11.4. The Bertz CT molecular complexity index is 1180. The Hall–Kier alpha value is -2.40. The maximum atomic E-state index is 13.6. The van der Waals surface area contributed by atoms with Crippen LogP contribution in [0.25, 0.3) is 10.2 Å². The molecule has 5 rings (SSSR count). The van der Waals surface area contributed by atoms with Crippen molar-refractivity contribution in [3.8, 4) is 0 Å². The highest BCUT2D eigenvalue weighted by Crippen LogP contribution is 2.33. The zero-order valence-electron chi connectivity index (χ0n) is 18.2. The molecule has 33 heavy (non-hydrogen) atoms. The minimum Gasteiger partial charge on any atom is -0.376 e. The number of hydrogen-bond donors (Lipinski definition) is 0. The van der Waals surface area contributed by atoms with E-state index in [1.165, 1.54) is 21.8 Å². The number of sulfonamides is 1. The summed E-state index contributed by atoms with van der Waals surface area (Å²) in [5.74, 6) is -0.248. The van der Waals surface area contributed by atoms with Gasteiger partial charge in [0.2, 0.25) is 15.9 Å². The topological polar surface area (TPSA) is 92.7 Å². The molecule has 3 aromatic rings. The molecule has 0 bridgehead atoms. The molecule has 4 heterocycles. The van der Waals surface area contributed by atoms with Gasteiger partial charge in [0.1, 0.15) is 4.90 Å². The van der Waals surface area contributed by atoms with Crippen molar-refractivity contribution in [2.45, 2.75) is 36.7 Å². The zero-order valence-corrected chi connectivity index (χ0v) is 19.8. The molecule has 2 aliphatic rings. The summed E-state index contributed by atoms with van der Waals surface area (Å²) in [7, 11) is -3.60. The van der Waals surface area contributed by atoms with Crippen LogP contribution in [-0.2, 0) is 19.6 Å². The van der Waals surface area contributed by atoms with Crippen LogP contribution >= 0.6 is 11.3 Å². The Morgan fingerprint density at radius 1 is 1.15 bits per heavy atom. The molecule has 2 aromatic heterocycles. The summed E-state index contributed by atoms with van der Waals surface area (Å²) in [5, 5.41) is 0.683. The molecule has 2 fully saturated rings. The summed E-state index contributed by atoms with van der Waals surface area (Å²) in [6.07, 6.45) is 5.80. The van der Waals surface area contributed by atoms with Crippen molar-refractivity contribution in [2.75, 3.05) is 31.1 Å². The van der Waals surface area contributed by atoms with Gasteiger partial charge in [-0.1, -0.05) is 23.5 Å². The van der Waals surface area contributed by atoms with Crippen LogP contribution in [0.1, 0.15) is 25.7 Å². The first kappa shape index (κ1) is 22.4. The number of nitrogens with zero attached hydrogens (tertiary/aromatic N) is 4. The highest BCUT2D eigenvalue weighted by atomic mass is 32.2. The number of pyridine rings is 1. The van der Waals surface area contributed by atoms with Gasteiger partial charge in [-0.2, -0.15) is 4.31 Å². The fourth-order valence-electron chi connectivity index (χ4n) is 4.44. The summed E-state index contributed by atoms with van der Waals surface area (Å²) >= 11 is 1.51. The smallest absolute Gasteiger partial charge is 0.244 e. The number of amides is 1. The number of para-hydroxylation sites is 1. The largest absolute Gasteiger partial charge is 0.376 e. The number of ether oxygens (including phenoxy) is 1. The highest BCUT2D eigenvalue weighted by Gasteiger charge is 2.36. The average Bonchev–Trinajstić information content (AvgIpc) is 3.52. The van der Waals surface area contributed by atoms with Gasteiger partial charge in [-0.05, 0) is 49.9 Å². The van der Waals surface area contributed by atoms with Gasteiger partial charge in [0.25, 0.3) is 0 Å². The van der Waals surface area contributed by atoms with E-state index in [2.05, 4.69) is 4.98 Å². The first-order chi connectivity index (χ1) is 16.0. The van der Waals surface area contributed by atoms with Gasteiger partial charge >= 0.3 is 0 Å². The molecular weight excluding hydrogens is 460 g/mol. The predicted octanol–water partition coefficient (Wildman–Crippen LogP) is 3.30. The van der Waals surface area contributed by atoms with Crippen LogP contribution in [0, 0.1) is 5.92 Å². The average molecular weight is 487 g/mol. The molecule has 8 nitrogen and oxygen atoms in total. The van der Waals surface area contributed by atoms with Crippen LogP contribution in [0.3, 0.4) is 0 Å². The molecule has 0 spiro atoms. The Morgan fingerprint density at radius 2 is 1.97 bits per heavy atom. The van der Waals surface area contributed by atoms with Gasteiger partial charge in [0, 0.05) is 38.0 Å². The van der Waals surface area contributed by atoms with Crippen molar-refractivity contribution in [1.29, 1.82) is 0 Å². The molecule has 0 saturated carbocycles. The van der Waals surface area contributed by atoms with Crippen molar-refractivity contribution in [3.05, 3.63) is 48.8 Å². The molecule has 1 unspecified atom stereocenters. The predicted molar refractivity (Wildman–Crippen MR) is 127 cm³/mol. The number of carbonyl (C=O) groups excluding carboxylic acids is 1. The fourth-order valence-corrected chi connectivity index (χ4v) is 6.86. The third-order valence-corrected chi connectivity index (χ3v) is 9.21. The van der Waals surface area contributed by atoms with E-state index in [0.717, 1.165) is 29.7 Å². The third-order valence-electron chi connectivity index (χ3n) is 6.27. The maximum absolute atomic E-state index is 13.6. The molecule has 2 saturated heterocycles. The van der Waals surface area contributed by atoms with E-state index in [-0.39, 0.29) is 22.8 Å². The van der Waals surface area contributed by atoms with Gasteiger partial charge in [0.15, 0.2) is 5.13 Å². The molecule has 1 atom stereocenters. The summed E-state index contributed by atoms with van der Waals surface area (Å²) in [6.45, 7) is 1.81. The molecule has 0 N–H and O–H groups in total. The number of rotatable bonds is 6. The summed E-state index contributed by atoms with van der Waals surface area (Å²) < 4.78 is 34.1. The van der Waals surface area contributed by atoms with Crippen LogP contribution in [0.5, 0.6) is 0 Å². The summed E-state index contributed by atoms with van der Waals surface area (Å²) in [6, 6.07) is 11.0. The number of thiazole rings is 1. The normalized spacial score (nSPS) is 20.3. The fraction of sp³-hybridized carbons (Fsp3) is 0.435. The van der Waals surface area contributed by atoms with Crippen LogP contribution < -0.4 is 4.90 Å². The van der Waals surface area contributed by atoms with Gasteiger partial charge < -0.3 is 4.74 Å². The second kappa shape index (κ2) is 9.46. The van der Waals surface area contributed by atoms with E-state index < -0.39 is 10.0 Å². The maximum Gasteiger partial charge on any atom is 0.244 e. The molecule has 2 aliphatic heterocycles. The van der Waals surface area contributed by atoms with E-state index in [1.807, 2.05) is 24.3 Å². The van der Waals surface area contributed by atoms with Crippen LogP contribution in [0.15, 0.2) is 53.7 Å². The molecule has 10 heteroatoms. The lowest BCUT2D eigenvalue weighted by molar-refractivity contribution is -0.123. The molecule has 0 aliphatic carbocycles. The summed E-state index contributed by atoms with van der Waals surface area (Å²) in [5.41, 5.74) is 0.875. The summed E-state index contributed by atoms with van der Waals surface area (Å²) in [4.78, 5) is 24.3. The first-order valence-electron chi connectivity index (χ1n) is 11.2. The standard InChI is InChI=1S/C23H26N4O4S2/c28-22(17-9-12-26(13-10-17)33(29,30)19-6-3-11-24-15-19)27(16-18-5-4-14-31-18)23-25-20-7-1-2-8-21(20)32-23/h1-3,6-8,11,15,17-18H,4-5,9-10,12-14,16H2. The Balaban J connectivity index is 1.33. The second-order valence-electron chi connectivity index (χ2n) is 8.42. The van der Waals surface area contributed by atoms with Crippen LogP contribution in [0.2, 0.25) is 0 Å². The van der Waals surface area contributed by atoms with Gasteiger partial charge in [-0.15, -0.1) is 0 Å². The molecule has 1 amide bonds. The van der Waals surface area contributed by atoms with Crippen molar-refractivity contribution in [2.24, 2.45) is 5.92 Å². The zero-order chi connectivity index (χ0) is 22.8. The van der Waals surface area contributed by atoms with Crippen LogP contribution in [-0.4, -0.2) is 60.9 Å². The number of aromatic nitrogens is 2. The number of hydrogen-bond acceptors (Lipinski definition) is 7. The lowest BCUT2D eigenvalue weighted by Gasteiger charge is -2.33. The Morgan fingerprint density at radius 3 is 2.67 bits per heavy atom. The highest BCUT2D eigenvalue weighted by molar-refractivity contribution is 7.89. The van der Waals surface area contributed by atoms with Crippen molar-refractivity contribution in [1.82, 2.24) is 14.3 Å². The monoisotopic (exact) mass is 486 g/mol. The third kappa shape index (κ3) is 4.65. The van der Waals surface area contributed by atoms with Crippen molar-refractivity contribution >= 4 is 42.6 Å². The lowest BCUT2D eigenvalue weighted by Crippen LogP contribution is -2.46. The van der Waals surface area contributed by atoms with Crippen LogP contribution in [0.4, 0.5) is 5.13 Å². The lowest BCUT2D eigenvalue weighted by atomic mass is 9.96. The number of carbonyl (C=O) groups is 1. The SMILES string of the molecule is O=C(C1CCN(S(=O)(=O)c2cccnc2)CC1)N(CC1CCCO1)c1nc2ccccc2s1. The van der Waals surface area contributed by atoms with Gasteiger partial charge in [-0.25, -0.2) is 13.4 Å². The minimum atomic E-state index is -3.60. The minimum absolute atomic E-state index is 0.00276. The van der Waals surface area contributed by atoms with E-state index in [1.54, 1.807) is 23.2 Å². The molecule has 174 valence electrons. The number of benzene rings is 1. The van der Waals surface area contributed by atoms with E-state index in [4.69, 9.17) is 9.72 Å². The van der Waals surface area contributed by atoms with E-state index in [0.29, 0.717) is 37.6 Å². The number of anilines is 1. The van der Waals surface area contributed by atoms with Crippen molar-refractivity contribution < 1.29 is 17.9 Å². The molecule has 1 aromatic carbocycles. The van der Waals surface area contributed by atoms with E-state index in [9.17, 15) is 13.2 Å². The van der Waals surface area contributed by atoms with E-state index >= 15 is 0 Å². The Kier molecular flexibility index (Phi) is 6.42. The Labute approximate surface area is 197 Å². The van der Waals surface area contributed by atoms with Crippen molar-refractivity contribution in [3.63, 3.8) is 0 Å². The van der Waals surface area contributed by atoms with Gasteiger partial charge in [-0.3, -0.25) is 14.7 Å².